The highest BCUT2D eigenvalue weighted by atomic mass is 16.6. The minimum Gasteiger partial charge on any atom is -0.481 e. The van der Waals surface area contributed by atoms with Crippen LogP contribution in [0.1, 0.15) is 5.56 Å². The van der Waals surface area contributed by atoms with Gasteiger partial charge in [0.05, 0.1) is 17.7 Å². The molecule has 148 valence electrons. The molecule has 0 unspecified atom stereocenters. The maximum atomic E-state index is 12.7. The molecule has 0 radical (unpaired) electrons. The normalized spacial score (nSPS) is 14.7. The number of hydrazine groups is 1. The number of hydrogen-bond acceptors (Lipinski definition) is 7. The lowest BCUT2D eigenvalue weighted by Gasteiger charge is -2.14. The van der Waals surface area contributed by atoms with Gasteiger partial charge in [-0.2, -0.15) is 0 Å². The van der Waals surface area contributed by atoms with E-state index in [2.05, 4.69) is 10.2 Å². The second-order valence-corrected chi connectivity index (χ2v) is 5.82. The molecule has 2 amide bonds. The number of benzene rings is 2. The Morgan fingerprint density at radius 1 is 1.21 bits per heavy atom. The molecule has 0 aromatic heterocycles. The zero-order valence-electron chi connectivity index (χ0n) is 15.2. The summed E-state index contributed by atoms with van der Waals surface area (Å²) in [4.78, 5) is 46.8. The van der Waals surface area contributed by atoms with Gasteiger partial charge in [-0.05, 0) is 24.3 Å². The van der Waals surface area contributed by atoms with E-state index in [0.29, 0.717) is 5.69 Å². The summed E-state index contributed by atoms with van der Waals surface area (Å²) in [6.07, 6.45) is 1.18. The van der Waals surface area contributed by atoms with Gasteiger partial charge in [0.1, 0.15) is 11.3 Å². The topological polar surface area (TPSA) is 128 Å². The lowest BCUT2D eigenvalue weighted by Crippen LogP contribution is -2.35. The van der Waals surface area contributed by atoms with E-state index in [1.807, 2.05) is 0 Å². The number of para-hydroxylation sites is 1. The van der Waals surface area contributed by atoms with E-state index < -0.39 is 29.3 Å². The lowest BCUT2D eigenvalue weighted by atomic mass is 10.1. The molecule has 0 saturated carbocycles. The number of non-ortho nitro benzene ring substituents is 1. The molecule has 1 saturated heterocycles. The van der Waals surface area contributed by atoms with Crippen LogP contribution in [0.2, 0.25) is 0 Å². The number of methoxy groups -OCH3 is 1. The third-order valence-electron chi connectivity index (χ3n) is 3.98. The van der Waals surface area contributed by atoms with Crippen molar-refractivity contribution < 1.29 is 28.8 Å². The number of rotatable bonds is 6. The zero-order valence-corrected chi connectivity index (χ0v) is 15.2. The Bertz CT molecular complexity index is 1020. The maximum absolute atomic E-state index is 12.7. The molecule has 1 N–H and O–H groups in total. The summed E-state index contributed by atoms with van der Waals surface area (Å²) < 4.78 is 9.81. The van der Waals surface area contributed by atoms with Crippen LogP contribution in [0, 0.1) is 10.1 Å². The van der Waals surface area contributed by atoms with Gasteiger partial charge in [-0.15, -0.1) is 0 Å². The number of ether oxygens (including phenoxy) is 2. The molecule has 0 aliphatic carbocycles. The molecule has 1 heterocycles. The van der Waals surface area contributed by atoms with Gasteiger partial charge in [0, 0.05) is 17.7 Å². The maximum Gasteiger partial charge on any atom is 0.343 e. The number of nitro groups is 1. The van der Waals surface area contributed by atoms with Crippen molar-refractivity contribution in [1.82, 2.24) is 5.43 Å². The fourth-order valence-electron chi connectivity index (χ4n) is 2.56. The first kappa shape index (κ1) is 19.5. The minimum absolute atomic E-state index is 0.0762. The first-order valence-electron chi connectivity index (χ1n) is 8.31. The molecule has 29 heavy (non-hydrogen) atoms. The van der Waals surface area contributed by atoms with E-state index >= 15 is 0 Å². The van der Waals surface area contributed by atoms with Crippen molar-refractivity contribution in [2.75, 3.05) is 18.7 Å². The van der Waals surface area contributed by atoms with Gasteiger partial charge in [0.2, 0.25) is 0 Å². The first-order chi connectivity index (χ1) is 13.9. The van der Waals surface area contributed by atoms with Crippen LogP contribution in [0.25, 0.3) is 6.08 Å². The van der Waals surface area contributed by atoms with E-state index in [0.717, 1.165) is 11.1 Å². The number of carbonyl (C=O) groups excluding carboxylic acids is 3. The van der Waals surface area contributed by atoms with Gasteiger partial charge in [-0.25, -0.2) is 9.80 Å². The summed E-state index contributed by atoms with van der Waals surface area (Å²) in [5.41, 5.74) is 2.47. The molecular weight excluding hydrogens is 382 g/mol. The van der Waals surface area contributed by atoms with Crippen LogP contribution >= 0.6 is 0 Å². The summed E-state index contributed by atoms with van der Waals surface area (Å²) in [6.45, 7) is -0.444. The summed E-state index contributed by atoms with van der Waals surface area (Å²) in [5, 5.41) is 12.2. The van der Waals surface area contributed by atoms with E-state index in [9.17, 15) is 24.5 Å². The van der Waals surface area contributed by atoms with Gasteiger partial charge in [-0.3, -0.25) is 25.1 Å². The average Bonchev–Trinajstić information content (AvgIpc) is 3.01. The second-order valence-electron chi connectivity index (χ2n) is 5.82. The number of amides is 2. The Labute approximate surface area is 164 Å². The molecule has 10 nitrogen and oxygen atoms in total. The second kappa shape index (κ2) is 8.21. The molecule has 0 bridgehead atoms. The molecule has 1 aliphatic heterocycles. The molecule has 0 spiro atoms. The van der Waals surface area contributed by atoms with Gasteiger partial charge in [0.15, 0.2) is 6.61 Å². The molecule has 10 heteroatoms. The first-order valence-corrected chi connectivity index (χ1v) is 8.31. The zero-order chi connectivity index (χ0) is 21.0. The lowest BCUT2D eigenvalue weighted by molar-refractivity contribution is -0.384. The Balaban J connectivity index is 1.97. The SMILES string of the molecule is COC(=O)COc1ccc([N+](=O)[O-])cc1/C=C1/C(=O)NN(c2ccccc2)C1=O. The van der Waals surface area contributed by atoms with Crippen molar-refractivity contribution in [3.05, 3.63) is 69.8 Å². The van der Waals surface area contributed by atoms with Gasteiger partial charge in [-0.1, -0.05) is 18.2 Å². The number of hydrogen-bond donors (Lipinski definition) is 1. The van der Waals surface area contributed by atoms with Crippen molar-refractivity contribution in [3.63, 3.8) is 0 Å². The van der Waals surface area contributed by atoms with E-state index in [4.69, 9.17) is 4.74 Å². The molecular formula is C19H15N3O7. The van der Waals surface area contributed by atoms with E-state index in [1.165, 1.54) is 25.3 Å². The standard InChI is InChI=1S/C19H15N3O7/c1-28-17(23)11-29-16-8-7-14(22(26)27)9-12(16)10-15-18(24)20-21(19(15)25)13-5-3-2-4-6-13/h2-10H,11H2,1H3,(H,20,24)/b15-10-. The summed E-state index contributed by atoms with van der Waals surface area (Å²) >= 11 is 0. The minimum atomic E-state index is -0.677. The fourth-order valence-corrected chi connectivity index (χ4v) is 2.56. The summed E-state index contributed by atoms with van der Waals surface area (Å²) in [7, 11) is 1.18. The van der Waals surface area contributed by atoms with Crippen molar-refractivity contribution in [2.45, 2.75) is 0 Å². The molecule has 2 aromatic rings. The van der Waals surface area contributed by atoms with Crippen molar-refractivity contribution in [1.29, 1.82) is 0 Å². The predicted molar refractivity (Wildman–Crippen MR) is 101 cm³/mol. The summed E-state index contributed by atoms with van der Waals surface area (Å²) in [6, 6.07) is 12.0. The van der Waals surface area contributed by atoms with Crippen LogP contribution in [-0.2, 0) is 19.1 Å². The monoisotopic (exact) mass is 397 g/mol. The highest BCUT2D eigenvalue weighted by Crippen LogP contribution is 2.28. The predicted octanol–water partition coefficient (Wildman–Crippen LogP) is 1.61. The Kier molecular flexibility index (Phi) is 5.54. The number of carbonyl (C=O) groups is 3. The Hall–Kier alpha value is -4.21. The molecule has 3 rings (SSSR count). The largest absolute Gasteiger partial charge is 0.481 e. The van der Waals surface area contributed by atoms with Crippen LogP contribution in [0.5, 0.6) is 5.75 Å². The number of esters is 1. The Morgan fingerprint density at radius 2 is 1.93 bits per heavy atom. The molecule has 1 fully saturated rings. The van der Waals surface area contributed by atoms with Gasteiger partial charge >= 0.3 is 5.97 Å². The van der Waals surface area contributed by atoms with Crippen LogP contribution in [0.15, 0.2) is 54.1 Å². The van der Waals surface area contributed by atoms with Gasteiger partial charge in [0.25, 0.3) is 17.5 Å². The number of nitrogens with zero attached hydrogens (tertiary/aromatic N) is 2. The fraction of sp³-hybridized carbons (Fsp3) is 0.105. The third-order valence-corrected chi connectivity index (χ3v) is 3.98. The molecule has 0 atom stereocenters. The van der Waals surface area contributed by atoms with Crippen LogP contribution < -0.4 is 15.2 Å². The van der Waals surface area contributed by atoms with Crippen molar-refractivity contribution in [2.24, 2.45) is 0 Å². The third kappa shape index (κ3) is 4.21. The van der Waals surface area contributed by atoms with E-state index in [-0.39, 0.29) is 22.6 Å². The number of nitrogens with one attached hydrogen (secondary N) is 1. The number of anilines is 1. The molecule has 2 aromatic carbocycles. The van der Waals surface area contributed by atoms with Crippen LogP contribution in [0.3, 0.4) is 0 Å². The van der Waals surface area contributed by atoms with Crippen LogP contribution in [-0.4, -0.2) is 36.4 Å². The van der Waals surface area contributed by atoms with E-state index in [1.54, 1.807) is 30.3 Å². The smallest absolute Gasteiger partial charge is 0.343 e. The Morgan fingerprint density at radius 3 is 2.59 bits per heavy atom. The average molecular weight is 397 g/mol. The highest BCUT2D eigenvalue weighted by molar-refractivity contribution is 6.31. The van der Waals surface area contributed by atoms with Crippen LogP contribution in [0.4, 0.5) is 11.4 Å². The quantitative estimate of drug-likeness (QED) is 0.258. The number of nitro benzene ring substituents is 1. The van der Waals surface area contributed by atoms with Gasteiger partial charge < -0.3 is 9.47 Å². The summed E-state index contributed by atoms with van der Waals surface area (Å²) in [5.74, 6) is -1.89. The van der Waals surface area contributed by atoms with Crippen molar-refractivity contribution in [3.8, 4) is 5.75 Å². The molecule has 1 aliphatic rings. The highest BCUT2D eigenvalue weighted by Gasteiger charge is 2.34. The van der Waals surface area contributed by atoms with Crippen molar-refractivity contribution >= 4 is 35.2 Å².